The summed E-state index contributed by atoms with van der Waals surface area (Å²) in [5.74, 6) is 0. The summed E-state index contributed by atoms with van der Waals surface area (Å²) >= 11 is 1.66. The fourth-order valence-electron chi connectivity index (χ4n) is 0.470. The molecule has 0 aromatic carbocycles. The first-order valence-corrected chi connectivity index (χ1v) is 3.52. The summed E-state index contributed by atoms with van der Waals surface area (Å²) in [5.41, 5.74) is 0. The predicted molar refractivity (Wildman–Crippen MR) is 31.3 cm³/mol. The highest BCUT2D eigenvalue weighted by atomic mass is 32.2. The van der Waals surface area contributed by atoms with E-state index in [1.165, 1.54) is 0 Å². The van der Waals surface area contributed by atoms with Gasteiger partial charge in [0.05, 0.1) is 19.3 Å². The summed E-state index contributed by atoms with van der Waals surface area (Å²) in [6, 6.07) is 0.620. The lowest BCUT2D eigenvalue weighted by Gasteiger charge is -2.25. The Labute approximate surface area is 47.8 Å². The minimum atomic E-state index is 0.620. The van der Waals surface area contributed by atoms with E-state index in [-0.39, 0.29) is 0 Å². The Morgan fingerprint density at radius 1 is 1.71 bits per heavy atom. The van der Waals surface area contributed by atoms with Gasteiger partial charge in [-0.25, -0.2) is 0 Å². The van der Waals surface area contributed by atoms with Crippen LogP contribution in [0.2, 0.25) is 0 Å². The summed E-state index contributed by atoms with van der Waals surface area (Å²) in [4.78, 5) is 0. The first-order chi connectivity index (χ1) is 3.43. The van der Waals surface area contributed by atoms with Crippen LogP contribution in [0.4, 0.5) is 0 Å². The van der Waals surface area contributed by atoms with Crippen molar-refractivity contribution in [2.24, 2.45) is 0 Å². The van der Waals surface area contributed by atoms with E-state index < -0.39 is 0 Å². The van der Waals surface area contributed by atoms with Crippen molar-refractivity contribution in [3.8, 4) is 0 Å². The van der Waals surface area contributed by atoms with Crippen molar-refractivity contribution >= 4 is 11.9 Å². The minimum absolute atomic E-state index is 0.620. The zero-order valence-corrected chi connectivity index (χ0v) is 5.12. The Kier molecular flexibility index (Phi) is 1.97. The van der Waals surface area contributed by atoms with Crippen LogP contribution in [0, 0.1) is 0 Å². The molecule has 3 heteroatoms. The van der Waals surface area contributed by atoms with Crippen LogP contribution in [0.25, 0.3) is 0 Å². The Morgan fingerprint density at radius 3 is 2.57 bits per heavy atom. The molecule has 0 atom stereocenters. The van der Waals surface area contributed by atoms with Crippen molar-refractivity contribution in [2.45, 2.75) is 6.04 Å². The second-order valence-electron chi connectivity index (χ2n) is 1.56. The van der Waals surface area contributed by atoms with Gasteiger partial charge in [0.1, 0.15) is 0 Å². The number of hydrogen-bond donors (Lipinski definition) is 1. The molecule has 0 radical (unpaired) electrons. The summed E-state index contributed by atoms with van der Waals surface area (Å²) in [5, 5.41) is 0. The summed E-state index contributed by atoms with van der Waals surface area (Å²) in [7, 11) is 0. The van der Waals surface area contributed by atoms with E-state index >= 15 is 0 Å². The van der Waals surface area contributed by atoms with E-state index in [1.807, 2.05) is 6.26 Å². The van der Waals surface area contributed by atoms with Crippen molar-refractivity contribution in [1.82, 2.24) is 4.72 Å². The number of ether oxygens (including phenoxy) is 1. The molecule has 1 fully saturated rings. The van der Waals surface area contributed by atoms with E-state index in [0.717, 1.165) is 13.2 Å². The molecule has 0 saturated carbocycles. The Hall–Kier alpha value is 0.270. The van der Waals surface area contributed by atoms with Gasteiger partial charge in [-0.1, -0.05) is 11.9 Å². The molecule has 42 valence electrons. The number of rotatable bonds is 2. The predicted octanol–water partition coefficient (Wildman–Crippen LogP) is 0.253. The summed E-state index contributed by atoms with van der Waals surface area (Å²) < 4.78 is 8.09. The van der Waals surface area contributed by atoms with Gasteiger partial charge in [-0.15, -0.1) is 0 Å². The van der Waals surface area contributed by atoms with Gasteiger partial charge in [0.2, 0.25) is 0 Å². The highest BCUT2D eigenvalue weighted by molar-refractivity contribution is 7.96. The maximum atomic E-state index is 4.91. The highest BCUT2D eigenvalue weighted by Crippen LogP contribution is 2.01. The molecule has 1 aliphatic rings. The molecule has 0 aromatic heterocycles. The first kappa shape index (κ1) is 5.41. The van der Waals surface area contributed by atoms with Gasteiger partial charge in [0.25, 0.3) is 0 Å². The summed E-state index contributed by atoms with van der Waals surface area (Å²) in [6.07, 6.45) is 2.03. The molecule has 1 heterocycles. The van der Waals surface area contributed by atoms with Crippen molar-refractivity contribution in [3.05, 3.63) is 0 Å². The van der Waals surface area contributed by atoms with Gasteiger partial charge in [-0.2, -0.15) is 0 Å². The van der Waals surface area contributed by atoms with Crippen molar-refractivity contribution in [2.75, 3.05) is 19.5 Å². The fraction of sp³-hybridized carbons (Fsp3) is 1.00. The molecule has 1 aliphatic heterocycles. The molecule has 0 aromatic rings. The molecule has 0 unspecified atom stereocenters. The van der Waals surface area contributed by atoms with Gasteiger partial charge in [0, 0.05) is 0 Å². The van der Waals surface area contributed by atoms with E-state index in [4.69, 9.17) is 4.74 Å². The van der Waals surface area contributed by atoms with Crippen LogP contribution in [-0.4, -0.2) is 25.5 Å². The van der Waals surface area contributed by atoms with E-state index in [0.29, 0.717) is 6.04 Å². The molecule has 0 aliphatic carbocycles. The van der Waals surface area contributed by atoms with Crippen LogP contribution in [0.15, 0.2) is 0 Å². The van der Waals surface area contributed by atoms with Gasteiger partial charge < -0.3 is 4.74 Å². The highest BCUT2D eigenvalue weighted by Gasteiger charge is 2.15. The van der Waals surface area contributed by atoms with Crippen LogP contribution in [0.5, 0.6) is 0 Å². The second-order valence-corrected chi connectivity index (χ2v) is 2.20. The molecule has 0 amide bonds. The number of hydrogen-bond acceptors (Lipinski definition) is 3. The second kappa shape index (κ2) is 2.55. The zero-order valence-electron chi connectivity index (χ0n) is 4.31. The molecule has 0 bridgehead atoms. The summed E-state index contributed by atoms with van der Waals surface area (Å²) in [6.45, 7) is 1.78. The van der Waals surface area contributed by atoms with Crippen molar-refractivity contribution in [1.29, 1.82) is 0 Å². The minimum Gasteiger partial charge on any atom is -0.378 e. The third-order valence-electron chi connectivity index (χ3n) is 0.923. The van der Waals surface area contributed by atoms with E-state index in [9.17, 15) is 0 Å². The number of nitrogens with one attached hydrogen (secondary N) is 1. The molecule has 2 nitrogen and oxygen atoms in total. The topological polar surface area (TPSA) is 21.3 Å². The Balaban J connectivity index is 1.93. The van der Waals surface area contributed by atoms with Crippen LogP contribution in [0.3, 0.4) is 0 Å². The van der Waals surface area contributed by atoms with Gasteiger partial charge in [0.15, 0.2) is 0 Å². The zero-order chi connectivity index (χ0) is 5.11. The van der Waals surface area contributed by atoms with Crippen LogP contribution >= 0.6 is 11.9 Å². The molecular formula is C4H9NOS. The van der Waals surface area contributed by atoms with Gasteiger partial charge in [-0.05, 0) is 6.26 Å². The Bertz CT molecular complexity index is 55.7. The van der Waals surface area contributed by atoms with E-state index in [2.05, 4.69) is 4.72 Å². The average Bonchev–Trinajstić information content (AvgIpc) is 1.55. The lowest BCUT2D eigenvalue weighted by atomic mass is 10.3. The monoisotopic (exact) mass is 119 g/mol. The third-order valence-corrected chi connectivity index (χ3v) is 1.49. The average molecular weight is 119 g/mol. The normalized spacial score (nSPS) is 21.9. The van der Waals surface area contributed by atoms with E-state index in [1.54, 1.807) is 11.9 Å². The third kappa shape index (κ3) is 1.33. The quantitative estimate of drug-likeness (QED) is 0.527. The van der Waals surface area contributed by atoms with Gasteiger partial charge in [-0.3, -0.25) is 4.72 Å². The largest absolute Gasteiger partial charge is 0.378 e. The molecule has 1 N–H and O–H groups in total. The smallest absolute Gasteiger partial charge is 0.0651 e. The van der Waals surface area contributed by atoms with Crippen LogP contribution in [0.1, 0.15) is 0 Å². The SMILES string of the molecule is CSNC1COC1. The lowest BCUT2D eigenvalue weighted by molar-refractivity contribution is 0.00605. The molecular weight excluding hydrogens is 110 g/mol. The fourth-order valence-corrected chi connectivity index (χ4v) is 0.940. The standard InChI is InChI=1S/C4H9NOS/c1-7-5-4-2-6-3-4/h4-5H,2-3H2,1H3. The van der Waals surface area contributed by atoms with Gasteiger partial charge >= 0.3 is 0 Å². The maximum Gasteiger partial charge on any atom is 0.0651 e. The van der Waals surface area contributed by atoms with Crippen molar-refractivity contribution in [3.63, 3.8) is 0 Å². The molecule has 0 spiro atoms. The maximum absolute atomic E-state index is 4.91. The van der Waals surface area contributed by atoms with Crippen LogP contribution in [-0.2, 0) is 4.74 Å². The molecule has 1 saturated heterocycles. The molecule has 7 heavy (non-hydrogen) atoms. The molecule has 1 rings (SSSR count). The lowest BCUT2D eigenvalue weighted by Crippen LogP contribution is -2.42. The first-order valence-electron chi connectivity index (χ1n) is 2.29. The Morgan fingerprint density at radius 2 is 2.43 bits per heavy atom. The van der Waals surface area contributed by atoms with Crippen molar-refractivity contribution < 1.29 is 4.74 Å². The van der Waals surface area contributed by atoms with Crippen LogP contribution < -0.4 is 4.72 Å².